The van der Waals surface area contributed by atoms with Gasteiger partial charge in [-0.3, -0.25) is 14.3 Å². The molecule has 0 bridgehead atoms. The second-order valence-electron chi connectivity index (χ2n) is 10.9. The van der Waals surface area contributed by atoms with Crippen molar-refractivity contribution in [2.45, 2.75) is 78.6 Å². The van der Waals surface area contributed by atoms with E-state index in [-0.39, 0.29) is 48.6 Å². The van der Waals surface area contributed by atoms with Crippen LogP contribution in [-0.4, -0.2) is 66.8 Å². The van der Waals surface area contributed by atoms with E-state index in [9.17, 15) is 40.3 Å². The summed E-state index contributed by atoms with van der Waals surface area (Å²) in [6, 6.07) is 2.36. The molecule has 0 saturated carbocycles. The number of halogens is 7. The summed E-state index contributed by atoms with van der Waals surface area (Å²) in [4.78, 5) is 25.1. The van der Waals surface area contributed by atoms with Crippen LogP contribution < -0.4 is 15.4 Å². The van der Waals surface area contributed by atoms with Gasteiger partial charge in [-0.1, -0.05) is 41.2 Å². The molecule has 2 heterocycles. The van der Waals surface area contributed by atoms with Crippen LogP contribution in [0, 0.1) is 5.82 Å². The summed E-state index contributed by atoms with van der Waals surface area (Å²) in [5.41, 5.74) is 0.821. The van der Waals surface area contributed by atoms with E-state index >= 15 is 0 Å². The molecule has 11 nitrogen and oxygen atoms in total. The van der Waals surface area contributed by atoms with Crippen LogP contribution >= 0.6 is 0 Å². The average Bonchev–Trinajstić information content (AvgIpc) is 3.70. The molecular weight excluding hydrogens is 665 g/mol. The molecule has 0 spiro atoms. The Kier molecular flexibility index (Phi) is 13.2. The highest BCUT2D eigenvalue weighted by Gasteiger charge is 2.31. The zero-order valence-electron chi connectivity index (χ0n) is 27.0. The molecular formula is C31H35F7N8O3. The Morgan fingerprint density at radius 1 is 1.00 bits per heavy atom. The van der Waals surface area contributed by atoms with Crippen LogP contribution in [0.1, 0.15) is 67.1 Å². The van der Waals surface area contributed by atoms with Gasteiger partial charge >= 0.3 is 6.36 Å². The Bertz CT molecular complexity index is 1690. The summed E-state index contributed by atoms with van der Waals surface area (Å²) in [6.07, 6.45) is 0.708. The smallest absolute Gasteiger partial charge is 0.406 e. The van der Waals surface area contributed by atoms with Gasteiger partial charge in [0.25, 0.3) is 17.7 Å². The van der Waals surface area contributed by atoms with Crippen molar-refractivity contribution >= 4 is 11.8 Å². The Balaban J connectivity index is 1.49. The van der Waals surface area contributed by atoms with E-state index in [4.69, 9.17) is 0 Å². The Hall–Kier alpha value is -5.03. The van der Waals surface area contributed by atoms with Crippen LogP contribution in [0.3, 0.4) is 0 Å². The van der Waals surface area contributed by atoms with E-state index in [2.05, 4.69) is 36.0 Å². The lowest BCUT2D eigenvalue weighted by molar-refractivity contribution is -0.274. The highest BCUT2D eigenvalue weighted by molar-refractivity contribution is 5.92. The van der Waals surface area contributed by atoms with Crippen molar-refractivity contribution in [3.05, 3.63) is 88.3 Å². The molecule has 0 aliphatic heterocycles. The van der Waals surface area contributed by atoms with Crippen LogP contribution in [-0.2, 0) is 19.6 Å². The highest BCUT2D eigenvalue weighted by Crippen LogP contribution is 2.26. The number of nitrogens with zero attached hydrogens (tertiary/aromatic N) is 6. The second-order valence-corrected chi connectivity index (χ2v) is 10.9. The number of carbonyl (C=O) groups is 2. The number of nitrogens with one attached hydrogen (secondary N) is 2. The summed E-state index contributed by atoms with van der Waals surface area (Å²) >= 11 is 0. The van der Waals surface area contributed by atoms with Crippen LogP contribution in [0.4, 0.5) is 30.7 Å². The molecule has 0 saturated heterocycles. The number of amides is 2. The van der Waals surface area contributed by atoms with E-state index in [1.807, 2.05) is 13.8 Å². The normalized spacial score (nSPS) is 13.7. The predicted molar refractivity (Wildman–Crippen MR) is 163 cm³/mol. The molecule has 266 valence electrons. The Morgan fingerprint density at radius 3 is 2.24 bits per heavy atom. The monoisotopic (exact) mass is 700 g/mol. The van der Waals surface area contributed by atoms with Crippen molar-refractivity contribution in [3.8, 4) is 5.75 Å². The molecule has 3 aromatic rings. The second kappa shape index (κ2) is 16.9. The third-order valence-electron chi connectivity index (χ3n) is 7.09. The number of aryl methyl sites for hydroxylation is 1. The van der Waals surface area contributed by atoms with Crippen molar-refractivity contribution in [1.29, 1.82) is 0 Å². The lowest BCUT2D eigenvalue weighted by Gasteiger charge is -2.12. The van der Waals surface area contributed by atoms with Gasteiger partial charge in [0, 0.05) is 44.1 Å². The van der Waals surface area contributed by atoms with Gasteiger partial charge in [0.2, 0.25) is 0 Å². The fraction of sp³-hybridized carbons (Fsp3) is 0.419. The largest absolute Gasteiger partial charge is 0.573 e. The quantitative estimate of drug-likeness (QED) is 0.141. The van der Waals surface area contributed by atoms with Gasteiger partial charge in [0.15, 0.2) is 11.4 Å². The molecule has 2 N–H and O–H groups in total. The summed E-state index contributed by atoms with van der Waals surface area (Å²) in [6.45, 7) is 5.33. The minimum absolute atomic E-state index is 0.00670. The van der Waals surface area contributed by atoms with Crippen molar-refractivity contribution in [1.82, 2.24) is 40.6 Å². The number of rotatable bonds is 16. The first-order chi connectivity index (χ1) is 23.0. The first-order valence-electron chi connectivity index (χ1n) is 14.9. The van der Waals surface area contributed by atoms with Crippen molar-refractivity contribution in [2.24, 2.45) is 0 Å². The van der Waals surface area contributed by atoms with Gasteiger partial charge < -0.3 is 15.4 Å². The molecule has 49 heavy (non-hydrogen) atoms. The minimum Gasteiger partial charge on any atom is -0.406 e. The summed E-state index contributed by atoms with van der Waals surface area (Å²) < 4.78 is 99.7. The molecule has 3 rings (SSSR count). The summed E-state index contributed by atoms with van der Waals surface area (Å²) in [5, 5.41) is 20.0. The van der Waals surface area contributed by atoms with Gasteiger partial charge in [-0.15, -0.1) is 23.4 Å². The lowest BCUT2D eigenvalue weighted by Crippen LogP contribution is -2.26. The molecule has 18 heteroatoms. The van der Waals surface area contributed by atoms with Crippen LogP contribution in [0.2, 0.25) is 0 Å². The summed E-state index contributed by atoms with van der Waals surface area (Å²) in [5.74, 6) is -5.94. The fourth-order valence-electron chi connectivity index (χ4n) is 4.25. The Labute approximate surface area is 276 Å². The van der Waals surface area contributed by atoms with Gasteiger partial charge in [-0.2, -0.15) is 0 Å². The summed E-state index contributed by atoms with van der Waals surface area (Å²) in [7, 11) is 0. The van der Waals surface area contributed by atoms with Crippen LogP contribution in [0.5, 0.6) is 5.75 Å². The molecule has 1 atom stereocenters. The number of aromatic nitrogens is 6. The number of carbonyl (C=O) groups excluding carboxylic acids is 2. The van der Waals surface area contributed by atoms with Gasteiger partial charge in [0.1, 0.15) is 17.7 Å². The molecule has 2 amide bonds. The fourth-order valence-corrected chi connectivity index (χ4v) is 4.25. The first kappa shape index (κ1) is 38.4. The molecule has 2 aromatic heterocycles. The standard InChI is InChI=1S/C31H35F7N8O3/c1-5-19(3)20(7-8-22(6-2)30(4,34)35)14-39-29(48)27-18-46(44-42-27)16-23(32)11-12-45-17-26(41-43-45)28(47)40-15-21-13-24(9-10-25(21)33)49-31(36,37)38/h6-10,13,17-18,23H,5,11-12,14-16H2,1-4H3,(H,39,48)(H,40,47)/b8-7-,20-19+,22-6+. The van der Waals surface area contributed by atoms with Crippen LogP contribution in [0.25, 0.3) is 0 Å². The number of hydrogen-bond acceptors (Lipinski definition) is 7. The number of allylic oxidation sites excluding steroid dienone is 4. The topological polar surface area (TPSA) is 129 Å². The van der Waals surface area contributed by atoms with E-state index in [0.29, 0.717) is 12.0 Å². The number of alkyl halides is 6. The zero-order valence-corrected chi connectivity index (χ0v) is 27.0. The maximum absolute atomic E-state index is 14.8. The maximum atomic E-state index is 14.8. The van der Waals surface area contributed by atoms with Gasteiger partial charge in [0.05, 0.1) is 18.9 Å². The molecule has 1 aromatic carbocycles. The van der Waals surface area contributed by atoms with Crippen molar-refractivity contribution in [3.63, 3.8) is 0 Å². The van der Waals surface area contributed by atoms with E-state index in [0.717, 1.165) is 35.4 Å². The van der Waals surface area contributed by atoms with E-state index < -0.39 is 48.4 Å². The maximum Gasteiger partial charge on any atom is 0.573 e. The minimum atomic E-state index is -4.97. The first-order valence-corrected chi connectivity index (χ1v) is 14.9. The van der Waals surface area contributed by atoms with E-state index in [1.54, 1.807) is 0 Å². The number of hydrogen-bond donors (Lipinski definition) is 2. The third kappa shape index (κ3) is 12.2. The zero-order chi connectivity index (χ0) is 36.4. The molecule has 0 aliphatic carbocycles. The van der Waals surface area contributed by atoms with E-state index in [1.165, 1.54) is 42.2 Å². The highest BCUT2D eigenvalue weighted by atomic mass is 19.4. The van der Waals surface area contributed by atoms with Crippen molar-refractivity contribution < 1.29 is 45.1 Å². The molecule has 0 radical (unpaired) electrons. The third-order valence-corrected chi connectivity index (χ3v) is 7.09. The predicted octanol–water partition coefficient (Wildman–Crippen LogP) is 5.88. The van der Waals surface area contributed by atoms with Gasteiger partial charge in [-0.05, 0) is 44.0 Å². The molecule has 0 fully saturated rings. The molecule has 1 unspecified atom stereocenters. The van der Waals surface area contributed by atoms with Gasteiger partial charge in [-0.25, -0.2) is 22.2 Å². The van der Waals surface area contributed by atoms with Crippen molar-refractivity contribution in [2.75, 3.05) is 6.54 Å². The molecule has 0 aliphatic rings. The Morgan fingerprint density at radius 2 is 1.63 bits per heavy atom. The number of benzene rings is 1. The number of ether oxygens (including phenoxy) is 1. The van der Waals surface area contributed by atoms with Crippen LogP contribution in [0.15, 0.2) is 65.5 Å². The average molecular weight is 701 g/mol. The lowest BCUT2D eigenvalue weighted by atomic mass is 10.0. The SMILES string of the molecule is C\C=C(/C=C\C(CNC(=O)c1cn(CC(F)CCn2cc(C(=O)NCc3cc(OC(F)(F)F)ccc3F)nn2)nn1)=C(\C)CC)C(C)(F)F.